The van der Waals surface area contributed by atoms with Gasteiger partial charge in [-0.25, -0.2) is 4.79 Å². The highest BCUT2D eigenvalue weighted by atomic mass is 16.6. The van der Waals surface area contributed by atoms with Crippen LogP contribution in [-0.4, -0.2) is 30.6 Å². The molecule has 0 saturated heterocycles. The molecule has 2 rings (SSSR count). The standard InChI is InChI=1S/C21H25NO3.C3H7N/c1-4-14-22-19(23)17-12-8-9-13-18(17)20(24)25-21(2,3)15-16-10-6-5-7-11-16;1-2-3-4/h5-13H,4,14-15H2,1-3H3,(H,22,23);2-3H2,1H3. The van der Waals surface area contributed by atoms with Gasteiger partial charge in [0.05, 0.1) is 11.1 Å². The van der Waals surface area contributed by atoms with Crippen molar-refractivity contribution in [1.82, 2.24) is 11.1 Å². The molecule has 0 spiro atoms. The highest BCUT2D eigenvalue weighted by molar-refractivity contribution is 6.05. The van der Waals surface area contributed by atoms with E-state index in [0.717, 1.165) is 18.4 Å². The van der Waals surface area contributed by atoms with E-state index in [2.05, 4.69) is 5.32 Å². The maximum atomic E-state index is 12.6. The SMILES string of the molecule is CCCNC(=O)c1ccccc1C(=O)OC(C)(C)Cc1ccccc1.CCC[N]. The number of rotatable bonds is 8. The summed E-state index contributed by atoms with van der Waals surface area (Å²) in [7, 11) is 0. The van der Waals surface area contributed by atoms with Crippen LogP contribution in [0.15, 0.2) is 54.6 Å². The average molecular weight is 397 g/mol. The molecule has 1 amide bonds. The normalized spacial score (nSPS) is 10.5. The second kappa shape index (κ2) is 12.7. The number of esters is 1. The molecule has 156 valence electrons. The van der Waals surface area contributed by atoms with E-state index in [1.54, 1.807) is 24.3 Å². The summed E-state index contributed by atoms with van der Waals surface area (Å²) in [6.07, 6.45) is 2.31. The third-order valence-electron chi connectivity index (χ3n) is 3.99. The molecule has 29 heavy (non-hydrogen) atoms. The number of hydrogen-bond acceptors (Lipinski definition) is 3. The summed E-state index contributed by atoms with van der Waals surface area (Å²) in [4.78, 5) is 24.9. The molecule has 0 aliphatic rings. The summed E-state index contributed by atoms with van der Waals surface area (Å²) in [5.41, 5.74) is 8.92. The molecule has 2 radical (unpaired) electrons. The van der Waals surface area contributed by atoms with Gasteiger partial charge in [-0.1, -0.05) is 56.3 Å². The maximum absolute atomic E-state index is 12.6. The number of benzene rings is 2. The van der Waals surface area contributed by atoms with Gasteiger partial charge in [0, 0.05) is 19.5 Å². The van der Waals surface area contributed by atoms with Crippen LogP contribution in [-0.2, 0) is 11.2 Å². The van der Waals surface area contributed by atoms with Crippen molar-refractivity contribution in [2.45, 2.75) is 52.6 Å². The van der Waals surface area contributed by atoms with Crippen molar-refractivity contribution in [3.8, 4) is 0 Å². The topological polar surface area (TPSA) is 77.7 Å². The minimum absolute atomic E-state index is 0.254. The Hall–Kier alpha value is -2.66. The first-order valence-corrected chi connectivity index (χ1v) is 10.1. The Morgan fingerprint density at radius 3 is 2.03 bits per heavy atom. The lowest BCUT2D eigenvalue weighted by Crippen LogP contribution is -2.32. The van der Waals surface area contributed by atoms with Crippen molar-refractivity contribution in [1.29, 1.82) is 0 Å². The molecule has 0 bridgehead atoms. The van der Waals surface area contributed by atoms with Crippen LogP contribution in [0.4, 0.5) is 0 Å². The molecule has 0 aliphatic heterocycles. The van der Waals surface area contributed by atoms with E-state index >= 15 is 0 Å². The van der Waals surface area contributed by atoms with Crippen molar-refractivity contribution in [2.75, 3.05) is 13.1 Å². The Bertz CT molecular complexity index is 756. The Labute approximate surface area is 174 Å². The summed E-state index contributed by atoms with van der Waals surface area (Å²) >= 11 is 0. The lowest BCUT2D eigenvalue weighted by atomic mass is 9.98. The van der Waals surface area contributed by atoms with Crippen LogP contribution in [0.5, 0.6) is 0 Å². The zero-order chi connectivity index (χ0) is 21.7. The molecule has 0 saturated carbocycles. The summed E-state index contributed by atoms with van der Waals surface area (Å²) in [5, 5.41) is 2.80. The van der Waals surface area contributed by atoms with Gasteiger partial charge in [-0.05, 0) is 44.4 Å². The summed E-state index contributed by atoms with van der Waals surface area (Å²) < 4.78 is 5.70. The molecule has 1 N–H and O–H groups in total. The summed E-state index contributed by atoms with van der Waals surface area (Å²) in [5.74, 6) is -0.738. The molecular weight excluding hydrogens is 364 g/mol. The number of nitrogens with one attached hydrogen (secondary N) is 1. The van der Waals surface area contributed by atoms with E-state index in [0.29, 0.717) is 25.1 Å². The highest BCUT2D eigenvalue weighted by Gasteiger charge is 2.26. The van der Waals surface area contributed by atoms with Crippen LogP contribution < -0.4 is 11.1 Å². The number of amides is 1. The van der Waals surface area contributed by atoms with E-state index in [4.69, 9.17) is 10.5 Å². The molecule has 0 fully saturated rings. The summed E-state index contributed by atoms with van der Waals surface area (Å²) in [6, 6.07) is 16.6. The van der Waals surface area contributed by atoms with E-state index < -0.39 is 11.6 Å². The lowest BCUT2D eigenvalue weighted by molar-refractivity contribution is -0.000829. The molecule has 0 aromatic heterocycles. The molecule has 2 aromatic carbocycles. The number of carbonyl (C=O) groups is 2. The predicted molar refractivity (Wildman–Crippen MR) is 116 cm³/mol. The highest BCUT2D eigenvalue weighted by Crippen LogP contribution is 2.20. The van der Waals surface area contributed by atoms with Crippen LogP contribution in [0.25, 0.3) is 0 Å². The van der Waals surface area contributed by atoms with Gasteiger partial charge in [-0.2, -0.15) is 0 Å². The van der Waals surface area contributed by atoms with E-state index in [-0.39, 0.29) is 11.5 Å². The second-order valence-corrected chi connectivity index (χ2v) is 7.34. The molecule has 0 unspecified atom stereocenters. The first-order chi connectivity index (χ1) is 13.8. The fourth-order valence-corrected chi connectivity index (χ4v) is 2.62. The third-order valence-corrected chi connectivity index (χ3v) is 3.99. The molecule has 0 atom stereocenters. The Morgan fingerprint density at radius 1 is 0.931 bits per heavy atom. The van der Waals surface area contributed by atoms with Crippen LogP contribution in [0.2, 0.25) is 0 Å². The van der Waals surface area contributed by atoms with Gasteiger partial charge in [-0.3, -0.25) is 4.79 Å². The van der Waals surface area contributed by atoms with E-state index in [1.807, 2.05) is 58.0 Å². The first kappa shape index (κ1) is 24.4. The zero-order valence-corrected chi connectivity index (χ0v) is 17.9. The van der Waals surface area contributed by atoms with Gasteiger partial charge in [0.25, 0.3) is 5.91 Å². The Kier molecular flexibility index (Phi) is 10.7. The van der Waals surface area contributed by atoms with Gasteiger partial charge in [-0.15, -0.1) is 5.73 Å². The Morgan fingerprint density at radius 2 is 1.48 bits per heavy atom. The van der Waals surface area contributed by atoms with E-state index in [1.165, 1.54) is 0 Å². The predicted octanol–water partition coefficient (Wildman–Crippen LogP) is 4.47. The van der Waals surface area contributed by atoms with Crippen LogP contribution in [0, 0.1) is 0 Å². The van der Waals surface area contributed by atoms with Gasteiger partial charge in [0.15, 0.2) is 0 Å². The van der Waals surface area contributed by atoms with Gasteiger partial charge in [0.2, 0.25) is 0 Å². The van der Waals surface area contributed by atoms with Crippen LogP contribution in [0.1, 0.15) is 66.8 Å². The number of carbonyl (C=O) groups excluding carboxylic acids is 2. The summed E-state index contributed by atoms with van der Waals surface area (Å²) in [6.45, 7) is 8.55. The van der Waals surface area contributed by atoms with Crippen molar-refractivity contribution in [3.63, 3.8) is 0 Å². The smallest absolute Gasteiger partial charge is 0.339 e. The fourth-order valence-electron chi connectivity index (χ4n) is 2.62. The number of hydrogen-bond donors (Lipinski definition) is 1. The molecule has 5 heteroatoms. The largest absolute Gasteiger partial charge is 0.456 e. The number of nitrogens with zero attached hydrogens (tertiary/aromatic N) is 1. The minimum atomic E-state index is -0.675. The van der Waals surface area contributed by atoms with Crippen molar-refractivity contribution >= 4 is 11.9 Å². The van der Waals surface area contributed by atoms with Crippen LogP contribution in [0.3, 0.4) is 0 Å². The number of ether oxygens (including phenoxy) is 1. The van der Waals surface area contributed by atoms with Gasteiger partial charge >= 0.3 is 5.97 Å². The van der Waals surface area contributed by atoms with Crippen molar-refractivity contribution in [2.24, 2.45) is 0 Å². The molecule has 0 heterocycles. The first-order valence-electron chi connectivity index (χ1n) is 10.1. The minimum Gasteiger partial charge on any atom is -0.456 e. The molecule has 0 aliphatic carbocycles. The Balaban J connectivity index is 0.000000960. The monoisotopic (exact) mass is 396 g/mol. The fraction of sp³-hybridized carbons (Fsp3) is 0.417. The van der Waals surface area contributed by atoms with Gasteiger partial charge in [0.1, 0.15) is 5.60 Å². The molecule has 2 aromatic rings. The lowest BCUT2D eigenvalue weighted by Gasteiger charge is -2.25. The zero-order valence-electron chi connectivity index (χ0n) is 17.9. The maximum Gasteiger partial charge on any atom is 0.339 e. The van der Waals surface area contributed by atoms with Crippen LogP contribution >= 0.6 is 0 Å². The quantitative estimate of drug-likeness (QED) is 0.669. The average Bonchev–Trinajstić information content (AvgIpc) is 2.72. The van der Waals surface area contributed by atoms with Crippen molar-refractivity contribution in [3.05, 3.63) is 71.3 Å². The third kappa shape index (κ3) is 8.92. The molecule has 5 nitrogen and oxygen atoms in total. The van der Waals surface area contributed by atoms with E-state index in [9.17, 15) is 9.59 Å². The van der Waals surface area contributed by atoms with Gasteiger partial charge < -0.3 is 10.1 Å². The molecular formula is C24H32N2O3. The van der Waals surface area contributed by atoms with Crippen molar-refractivity contribution < 1.29 is 14.3 Å². The second-order valence-electron chi connectivity index (χ2n) is 7.34.